The van der Waals surface area contributed by atoms with Gasteiger partial charge in [0, 0.05) is 21.3 Å². The van der Waals surface area contributed by atoms with Gasteiger partial charge in [-0.05, 0) is 30.5 Å². The Bertz CT molecular complexity index is 626. The molecule has 1 N–H and O–H groups in total. The van der Waals surface area contributed by atoms with E-state index >= 15 is 0 Å². The summed E-state index contributed by atoms with van der Waals surface area (Å²) in [4.78, 5) is 4.91. The molecule has 1 aromatic heterocycles. The summed E-state index contributed by atoms with van der Waals surface area (Å²) in [7, 11) is 0. The van der Waals surface area contributed by atoms with Gasteiger partial charge in [0.05, 0.1) is 11.7 Å². The van der Waals surface area contributed by atoms with Crippen LogP contribution in [0.4, 0.5) is 0 Å². The SMILES string of the molecule is CC(C)(C)c1csc(C(NC2CC2)c2cccc(Br)c2)n1. The molecule has 0 aliphatic heterocycles. The number of benzene rings is 1. The van der Waals surface area contributed by atoms with Crippen molar-refractivity contribution in [1.29, 1.82) is 0 Å². The maximum Gasteiger partial charge on any atom is 0.114 e. The van der Waals surface area contributed by atoms with Crippen LogP contribution in [0, 0.1) is 0 Å². The van der Waals surface area contributed by atoms with Gasteiger partial charge in [-0.2, -0.15) is 0 Å². The van der Waals surface area contributed by atoms with Crippen molar-refractivity contribution >= 4 is 27.3 Å². The standard InChI is InChI=1S/C17H21BrN2S/c1-17(2,3)14-10-21-16(20-14)15(19-13-7-8-13)11-5-4-6-12(18)9-11/h4-6,9-10,13,15,19H,7-8H2,1-3H3. The van der Waals surface area contributed by atoms with Gasteiger partial charge < -0.3 is 5.32 Å². The zero-order valence-corrected chi connectivity index (χ0v) is 15.1. The van der Waals surface area contributed by atoms with Gasteiger partial charge in [-0.1, -0.05) is 48.8 Å². The van der Waals surface area contributed by atoms with Crippen LogP contribution in [0.15, 0.2) is 34.1 Å². The fourth-order valence-corrected chi connectivity index (χ4v) is 3.79. The number of hydrogen-bond donors (Lipinski definition) is 1. The third-order valence-corrected chi connectivity index (χ3v) is 5.10. The van der Waals surface area contributed by atoms with Crippen LogP contribution in [0.2, 0.25) is 0 Å². The highest BCUT2D eigenvalue weighted by atomic mass is 79.9. The maximum atomic E-state index is 4.91. The highest BCUT2D eigenvalue weighted by Gasteiger charge is 2.29. The van der Waals surface area contributed by atoms with Crippen molar-refractivity contribution < 1.29 is 0 Å². The van der Waals surface area contributed by atoms with Crippen LogP contribution in [0.25, 0.3) is 0 Å². The molecule has 1 unspecified atom stereocenters. The van der Waals surface area contributed by atoms with Gasteiger partial charge in [-0.15, -0.1) is 11.3 Å². The zero-order chi connectivity index (χ0) is 15.0. The van der Waals surface area contributed by atoms with Gasteiger partial charge >= 0.3 is 0 Å². The minimum atomic E-state index is 0.107. The van der Waals surface area contributed by atoms with E-state index in [0.29, 0.717) is 6.04 Å². The predicted octanol–water partition coefficient (Wildman–Crippen LogP) is 5.04. The summed E-state index contributed by atoms with van der Waals surface area (Å²) in [6.07, 6.45) is 2.56. The van der Waals surface area contributed by atoms with E-state index in [-0.39, 0.29) is 11.5 Å². The Labute approximate surface area is 139 Å². The number of halogens is 1. The molecule has 1 aromatic carbocycles. The first-order valence-corrected chi connectivity index (χ1v) is 9.08. The van der Waals surface area contributed by atoms with E-state index in [1.807, 2.05) is 0 Å². The van der Waals surface area contributed by atoms with Crippen LogP contribution < -0.4 is 5.32 Å². The monoisotopic (exact) mass is 364 g/mol. The Morgan fingerprint density at radius 3 is 2.67 bits per heavy atom. The summed E-state index contributed by atoms with van der Waals surface area (Å²) >= 11 is 5.34. The van der Waals surface area contributed by atoms with Crippen LogP contribution in [0.5, 0.6) is 0 Å². The summed E-state index contributed by atoms with van der Waals surface area (Å²) in [5.41, 5.74) is 2.57. The molecular weight excluding hydrogens is 344 g/mol. The lowest BCUT2D eigenvalue weighted by Crippen LogP contribution is -2.24. The van der Waals surface area contributed by atoms with E-state index in [1.54, 1.807) is 11.3 Å². The van der Waals surface area contributed by atoms with Gasteiger partial charge in [0.1, 0.15) is 5.01 Å². The molecule has 1 saturated carbocycles. The van der Waals surface area contributed by atoms with Gasteiger partial charge in [0.15, 0.2) is 0 Å². The van der Waals surface area contributed by atoms with Crippen LogP contribution >= 0.6 is 27.3 Å². The Kier molecular flexibility index (Phi) is 4.21. The van der Waals surface area contributed by atoms with Crippen LogP contribution in [-0.4, -0.2) is 11.0 Å². The molecule has 3 rings (SSSR count). The molecule has 2 nitrogen and oxygen atoms in total. The van der Waals surface area contributed by atoms with Crippen LogP contribution in [0.3, 0.4) is 0 Å². The van der Waals surface area contributed by atoms with E-state index in [9.17, 15) is 0 Å². The quantitative estimate of drug-likeness (QED) is 0.821. The van der Waals surface area contributed by atoms with Crippen LogP contribution in [0.1, 0.15) is 55.9 Å². The smallest absolute Gasteiger partial charge is 0.114 e. The topological polar surface area (TPSA) is 24.9 Å². The second-order valence-electron chi connectivity index (χ2n) is 6.75. The molecule has 21 heavy (non-hydrogen) atoms. The largest absolute Gasteiger partial charge is 0.301 e. The first-order valence-electron chi connectivity index (χ1n) is 7.41. The molecule has 2 aromatic rings. The van der Waals surface area contributed by atoms with Crippen molar-refractivity contribution in [3.63, 3.8) is 0 Å². The van der Waals surface area contributed by atoms with Crippen molar-refractivity contribution in [2.24, 2.45) is 0 Å². The Morgan fingerprint density at radius 1 is 1.33 bits per heavy atom. The Hall–Kier alpha value is -0.710. The fourth-order valence-electron chi connectivity index (χ4n) is 2.25. The van der Waals surface area contributed by atoms with Crippen molar-refractivity contribution in [2.45, 2.75) is 51.1 Å². The summed E-state index contributed by atoms with van der Waals surface area (Å²) in [5.74, 6) is 0. The number of thiazole rings is 1. The third-order valence-electron chi connectivity index (χ3n) is 3.70. The van der Waals surface area contributed by atoms with Crippen molar-refractivity contribution in [1.82, 2.24) is 10.3 Å². The third kappa shape index (κ3) is 3.74. The summed E-state index contributed by atoms with van der Waals surface area (Å²) in [5, 5.41) is 7.12. The lowest BCUT2D eigenvalue weighted by molar-refractivity contribution is 0.557. The number of rotatable bonds is 4. The number of hydrogen-bond acceptors (Lipinski definition) is 3. The molecule has 1 aliphatic carbocycles. The summed E-state index contributed by atoms with van der Waals surface area (Å²) in [6, 6.07) is 9.40. The average Bonchev–Trinajstić information content (AvgIpc) is 3.08. The molecule has 0 saturated heterocycles. The highest BCUT2D eigenvalue weighted by Crippen LogP contribution is 2.33. The summed E-state index contributed by atoms with van der Waals surface area (Å²) in [6.45, 7) is 6.65. The molecule has 0 amide bonds. The zero-order valence-electron chi connectivity index (χ0n) is 12.7. The number of nitrogens with one attached hydrogen (secondary N) is 1. The van der Waals surface area contributed by atoms with Crippen molar-refractivity contribution in [3.8, 4) is 0 Å². The minimum Gasteiger partial charge on any atom is -0.301 e. The second-order valence-corrected chi connectivity index (χ2v) is 8.56. The fraction of sp³-hybridized carbons (Fsp3) is 0.471. The predicted molar refractivity (Wildman–Crippen MR) is 93.0 cm³/mol. The van der Waals surface area contributed by atoms with E-state index in [2.05, 4.69) is 71.7 Å². The molecule has 1 atom stereocenters. The van der Waals surface area contributed by atoms with Crippen LogP contribution in [-0.2, 0) is 5.41 Å². The first kappa shape index (κ1) is 15.2. The molecule has 1 fully saturated rings. The molecular formula is C17H21BrN2S. The normalized spacial score (nSPS) is 17.0. The molecule has 1 heterocycles. The Balaban J connectivity index is 1.93. The minimum absolute atomic E-state index is 0.107. The van der Waals surface area contributed by atoms with Gasteiger partial charge in [-0.3, -0.25) is 0 Å². The highest BCUT2D eigenvalue weighted by molar-refractivity contribution is 9.10. The average molecular weight is 365 g/mol. The van der Waals surface area contributed by atoms with Crippen molar-refractivity contribution in [3.05, 3.63) is 50.4 Å². The van der Waals surface area contributed by atoms with Gasteiger partial charge in [0.25, 0.3) is 0 Å². The van der Waals surface area contributed by atoms with Gasteiger partial charge in [0.2, 0.25) is 0 Å². The first-order chi connectivity index (χ1) is 9.93. The lowest BCUT2D eigenvalue weighted by Gasteiger charge is -2.18. The molecule has 0 spiro atoms. The molecule has 0 bridgehead atoms. The maximum absolute atomic E-state index is 4.91. The molecule has 0 radical (unpaired) electrons. The number of aromatic nitrogens is 1. The number of nitrogens with zero attached hydrogens (tertiary/aromatic N) is 1. The molecule has 112 valence electrons. The van der Waals surface area contributed by atoms with E-state index in [0.717, 1.165) is 4.47 Å². The van der Waals surface area contributed by atoms with E-state index in [1.165, 1.54) is 29.1 Å². The lowest BCUT2D eigenvalue weighted by atomic mass is 9.93. The molecule has 1 aliphatic rings. The summed E-state index contributed by atoms with van der Waals surface area (Å²) < 4.78 is 1.12. The van der Waals surface area contributed by atoms with Gasteiger partial charge in [-0.25, -0.2) is 4.98 Å². The van der Waals surface area contributed by atoms with Crippen molar-refractivity contribution in [2.75, 3.05) is 0 Å². The van der Waals surface area contributed by atoms with E-state index < -0.39 is 0 Å². The van der Waals surface area contributed by atoms with E-state index in [4.69, 9.17) is 4.98 Å². The second kappa shape index (κ2) is 5.82. The molecule has 4 heteroatoms. The Morgan fingerprint density at radius 2 is 2.10 bits per heavy atom.